The maximum atomic E-state index is 10.3. The van der Waals surface area contributed by atoms with Gasteiger partial charge in [0.2, 0.25) is 0 Å². The van der Waals surface area contributed by atoms with Crippen LogP contribution in [0, 0.1) is 15.3 Å². The molecule has 0 bridgehead atoms. The van der Waals surface area contributed by atoms with E-state index in [1.165, 1.54) is 0 Å². The van der Waals surface area contributed by atoms with E-state index in [0.29, 0.717) is 0 Å². The summed E-state index contributed by atoms with van der Waals surface area (Å²) in [4.78, 5) is 38.6. The summed E-state index contributed by atoms with van der Waals surface area (Å²) in [7, 11) is 0. The van der Waals surface area contributed by atoms with Crippen molar-refractivity contribution in [3.63, 3.8) is 0 Å². The van der Waals surface area contributed by atoms with Crippen molar-refractivity contribution in [3.05, 3.63) is 15.3 Å². The number of rotatable bonds is 5. The van der Waals surface area contributed by atoms with E-state index in [-0.39, 0.29) is 91.9 Å². The summed E-state index contributed by atoms with van der Waals surface area (Å²) in [6.07, 6.45) is -2.44. The second-order valence-electron chi connectivity index (χ2n) is 2.68. The summed E-state index contributed by atoms with van der Waals surface area (Å²) in [5.74, 6) is -5.34. The molecule has 1 unspecified atom stereocenters. The van der Waals surface area contributed by atoms with Crippen molar-refractivity contribution in [1.82, 2.24) is 0 Å². The number of carbonyl (C=O) groups is 3. The van der Waals surface area contributed by atoms with Gasteiger partial charge < -0.3 is 51.5 Å². The van der Waals surface area contributed by atoms with Gasteiger partial charge in [0.1, 0.15) is 0 Å². The van der Waals surface area contributed by atoms with Crippen LogP contribution in [0.1, 0.15) is 12.8 Å². The third kappa shape index (κ3) is 25.4. The molecular formula is C6H11KNNaO12. The van der Waals surface area contributed by atoms with E-state index in [4.69, 9.17) is 30.6 Å². The minimum Gasteiger partial charge on any atom is -0.550 e. The zero-order valence-electron chi connectivity index (χ0n) is 11.1. The molecule has 0 aliphatic rings. The van der Waals surface area contributed by atoms with Gasteiger partial charge in [-0.05, 0) is 0 Å². The molecular weight excluding hydrogens is 340 g/mol. The molecule has 0 heterocycles. The molecule has 0 aliphatic carbocycles. The van der Waals surface area contributed by atoms with Gasteiger partial charge in [-0.25, -0.2) is 4.79 Å². The standard InChI is InChI=1S/C6H8O7.K.NO3.Na.2H2O/c7-3(8)1-6(13,5(11)12)2-4(9)10;;2-1(3)4;;;/h13H,1-2H2,(H,7,8)(H,9,10)(H,11,12);;;;2*1H2/q;+1;-1;+1;;/p-1. The largest absolute Gasteiger partial charge is 1.00 e. The average molecular weight is 351 g/mol. The maximum absolute atomic E-state index is 10.3. The Kier molecular flexibility index (Phi) is 32.4. The van der Waals surface area contributed by atoms with E-state index < -0.39 is 41.4 Å². The van der Waals surface area contributed by atoms with Crippen molar-refractivity contribution in [3.8, 4) is 0 Å². The Bertz CT molecular complexity index is 316. The fraction of sp³-hybridized carbons (Fsp3) is 0.500. The molecule has 1 atom stereocenters. The first-order valence-electron chi connectivity index (χ1n) is 3.70. The Labute approximate surface area is 181 Å². The molecule has 0 rings (SSSR count). The second kappa shape index (κ2) is 18.2. The molecule has 0 amide bonds. The normalized spacial score (nSPS) is 10.1. The van der Waals surface area contributed by atoms with Crippen molar-refractivity contribution in [1.29, 1.82) is 0 Å². The van der Waals surface area contributed by atoms with Crippen LogP contribution in [0.2, 0.25) is 0 Å². The molecule has 0 saturated heterocycles. The minimum atomic E-state index is -2.80. The van der Waals surface area contributed by atoms with Gasteiger partial charge in [-0.3, -0.25) is 4.79 Å². The van der Waals surface area contributed by atoms with Crippen LogP contribution in [-0.2, 0) is 14.4 Å². The van der Waals surface area contributed by atoms with Crippen LogP contribution in [0.15, 0.2) is 0 Å². The van der Waals surface area contributed by atoms with Crippen molar-refractivity contribution < 1.29 is 132 Å². The zero-order chi connectivity index (χ0) is 14.2. The van der Waals surface area contributed by atoms with E-state index in [0.717, 1.165) is 0 Å². The molecule has 0 radical (unpaired) electrons. The Morgan fingerprint density at radius 1 is 1.05 bits per heavy atom. The average Bonchev–Trinajstić information content (AvgIpc) is 1.98. The van der Waals surface area contributed by atoms with Crippen molar-refractivity contribution in [2.45, 2.75) is 18.4 Å². The molecule has 15 heteroatoms. The molecule has 0 spiro atoms. The van der Waals surface area contributed by atoms with Gasteiger partial charge in [-0.2, -0.15) is 0 Å². The van der Waals surface area contributed by atoms with Gasteiger partial charge in [0.15, 0.2) is 5.60 Å². The zero-order valence-corrected chi connectivity index (χ0v) is 16.2. The van der Waals surface area contributed by atoms with Crippen LogP contribution < -0.4 is 86.0 Å². The number of nitrogens with zero attached hydrogens (tertiary/aromatic N) is 1. The molecule has 7 N–H and O–H groups in total. The summed E-state index contributed by atoms with van der Waals surface area (Å²) in [5, 5.41) is 50.3. The number of hydrogen-bond acceptors (Lipinski definition) is 8. The summed E-state index contributed by atoms with van der Waals surface area (Å²) >= 11 is 0. The third-order valence-corrected chi connectivity index (χ3v) is 1.28. The summed E-state index contributed by atoms with van der Waals surface area (Å²) < 4.78 is 0. The van der Waals surface area contributed by atoms with Gasteiger partial charge >= 0.3 is 92.9 Å². The van der Waals surface area contributed by atoms with Crippen LogP contribution >= 0.6 is 0 Å². The maximum Gasteiger partial charge on any atom is 1.00 e. The van der Waals surface area contributed by atoms with Crippen LogP contribution in [0.5, 0.6) is 0 Å². The first-order valence-corrected chi connectivity index (χ1v) is 3.70. The first kappa shape index (κ1) is 37.4. The Morgan fingerprint density at radius 2 is 1.33 bits per heavy atom. The number of aliphatic carboxylic acids is 3. The van der Waals surface area contributed by atoms with Crippen LogP contribution in [0.25, 0.3) is 0 Å². The predicted molar refractivity (Wildman–Crippen MR) is 52.1 cm³/mol. The SMILES string of the molecule is O.O.O=C([O-])CC(O)(CC(=O)O)C(=O)O.O=[N+]([O-])[O-].[K+].[Na+]. The quantitative estimate of drug-likeness (QED) is 0.239. The van der Waals surface area contributed by atoms with Gasteiger partial charge in [0.25, 0.3) is 0 Å². The number of carbonyl (C=O) groups excluding carboxylic acids is 1. The topological polar surface area (TPSA) is 264 Å². The molecule has 13 nitrogen and oxygen atoms in total. The first-order chi connectivity index (χ1) is 7.51. The molecule has 0 aromatic carbocycles. The summed E-state index contributed by atoms with van der Waals surface area (Å²) in [5.41, 5.74) is -2.80. The van der Waals surface area contributed by atoms with E-state index in [1.54, 1.807) is 0 Å². The fourth-order valence-electron chi connectivity index (χ4n) is 0.703. The van der Waals surface area contributed by atoms with Gasteiger partial charge in [-0.15, -0.1) is 0 Å². The Morgan fingerprint density at radius 3 is 1.48 bits per heavy atom. The van der Waals surface area contributed by atoms with Gasteiger partial charge in [0, 0.05) is 12.4 Å². The smallest absolute Gasteiger partial charge is 0.550 e. The number of carboxylic acid groups (broad SMARTS) is 3. The molecule has 21 heavy (non-hydrogen) atoms. The molecule has 0 aromatic heterocycles. The number of carboxylic acids is 3. The summed E-state index contributed by atoms with van der Waals surface area (Å²) in [6, 6.07) is 0. The number of hydrogen-bond donors (Lipinski definition) is 3. The van der Waals surface area contributed by atoms with E-state index >= 15 is 0 Å². The summed E-state index contributed by atoms with van der Waals surface area (Å²) in [6.45, 7) is 0. The van der Waals surface area contributed by atoms with E-state index in [9.17, 15) is 19.5 Å². The van der Waals surface area contributed by atoms with Gasteiger partial charge in [-0.1, -0.05) is 0 Å². The molecule has 114 valence electrons. The van der Waals surface area contributed by atoms with E-state index in [2.05, 4.69) is 0 Å². The van der Waals surface area contributed by atoms with Crippen molar-refractivity contribution in [2.24, 2.45) is 0 Å². The second-order valence-corrected chi connectivity index (χ2v) is 2.68. The van der Waals surface area contributed by atoms with Crippen LogP contribution in [0.4, 0.5) is 0 Å². The predicted octanol–water partition coefficient (Wildman–Crippen LogP) is -10.5. The Balaban J connectivity index is -0.0000000629. The van der Waals surface area contributed by atoms with E-state index in [1.807, 2.05) is 0 Å². The third-order valence-electron chi connectivity index (χ3n) is 1.28. The van der Waals surface area contributed by atoms with Crippen molar-refractivity contribution >= 4 is 17.9 Å². The minimum absolute atomic E-state index is 0. The van der Waals surface area contributed by atoms with Crippen LogP contribution in [0.3, 0.4) is 0 Å². The fourth-order valence-corrected chi connectivity index (χ4v) is 0.703. The van der Waals surface area contributed by atoms with Crippen LogP contribution in [-0.4, -0.2) is 54.9 Å². The monoisotopic (exact) mass is 351 g/mol. The molecule has 0 aromatic rings. The molecule has 0 saturated carbocycles. The Hall–Kier alpha value is 0.126. The number of aliphatic hydroxyl groups is 1. The molecule has 0 fully saturated rings. The van der Waals surface area contributed by atoms with Gasteiger partial charge in [0.05, 0.1) is 11.5 Å². The van der Waals surface area contributed by atoms with Crippen molar-refractivity contribution in [2.75, 3.05) is 0 Å². The molecule has 0 aliphatic heterocycles.